The van der Waals surface area contributed by atoms with E-state index in [4.69, 9.17) is 0 Å². The molecular weight excluding hydrogens is 272 g/mol. The van der Waals surface area contributed by atoms with E-state index in [2.05, 4.69) is 51.9 Å². The van der Waals surface area contributed by atoms with Crippen LogP contribution in [0, 0.1) is 16.9 Å². The summed E-state index contributed by atoms with van der Waals surface area (Å²) in [6, 6.07) is 0. The Bertz CT molecular complexity index is 466. The molecule has 1 saturated carbocycles. The van der Waals surface area contributed by atoms with Crippen molar-refractivity contribution in [3.05, 3.63) is 11.1 Å². The SMILES string of the molecule is CCCC/C(C#C[Si](C)(C)C)=C1/CCC(=O)CCC1(C)C. The fourth-order valence-corrected chi connectivity index (χ4v) is 3.32. The zero-order valence-electron chi connectivity index (χ0n) is 14.9. The first kappa shape index (κ1) is 18.2. The van der Waals surface area contributed by atoms with Gasteiger partial charge in [0.2, 0.25) is 0 Å². The summed E-state index contributed by atoms with van der Waals surface area (Å²) in [4.78, 5) is 11.8. The number of ketones is 1. The molecule has 0 aromatic heterocycles. The molecule has 0 atom stereocenters. The predicted molar refractivity (Wildman–Crippen MR) is 94.9 cm³/mol. The number of unbranched alkanes of at least 4 members (excludes halogenated alkanes) is 1. The van der Waals surface area contributed by atoms with Gasteiger partial charge in [0.15, 0.2) is 0 Å². The largest absolute Gasteiger partial charge is 0.300 e. The molecule has 0 aromatic rings. The van der Waals surface area contributed by atoms with Crippen LogP contribution in [0.5, 0.6) is 0 Å². The lowest BCUT2D eigenvalue weighted by Crippen LogP contribution is -2.18. The Balaban J connectivity index is 3.21. The molecule has 1 rings (SSSR count). The summed E-state index contributed by atoms with van der Waals surface area (Å²) in [7, 11) is -1.36. The zero-order chi connectivity index (χ0) is 16.1. The van der Waals surface area contributed by atoms with Crippen molar-refractivity contribution in [1.29, 1.82) is 0 Å². The van der Waals surface area contributed by atoms with E-state index in [9.17, 15) is 4.79 Å². The molecule has 0 unspecified atom stereocenters. The van der Waals surface area contributed by atoms with Crippen LogP contribution < -0.4 is 0 Å². The standard InChI is InChI=1S/C19H32OSi/c1-7-8-9-16(13-15-21(4,5)6)18-11-10-17(20)12-14-19(18,2)3/h7-12,14H2,1-6H3/b18-16+. The average molecular weight is 305 g/mol. The van der Waals surface area contributed by atoms with Gasteiger partial charge in [-0.05, 0) is 31.1 Å². The van der Waals surface area contributed by atoms with Gasteiger partial charge in [-0.3, -0.25) is 4.79 Å². The maximum absolute atomic E-state index is 11.8. The number of Topliss-reactive ketones (excluding diaryl/α,β-unsaturated/α-hetero) is 1. The van der Waals surface area contributed by atoms with Crippen LogP contribution in [-0.2, 0) is 4.79 Å². The van der Waals surface area contributed by atoms with E-state index in [1.807, 2.05) is 0 Å². The van der Waals surface area contributed by atoms with E-state index < -0.39 is 8.07 Å². The quantitative estimate of drug-likeness (QED) is 0.381. The Hall–Kier alpha value is -0.813. The van der Waals surface area contributed by atoms with Crippen LogP contribution in [0.3, 0.4) is 0 Å². The Kier molecular flexibility index (Phi) is 6.47. The maximum atomic E-state index is 11.8. The minimum atomic E-state index is -1.36. The summed E-state index contributed by atoms with van der Waals surface area (Å²) in [5.74, 6) is 3.96. The van der Waals surface area contributed by atoms with Crippen molar-refractivity contribution < 1.29 is 4.79 Å². The molecular formula is C19H32OSi. The van der Waals surface area contributed by atoms with Gasteiger partial charge >= 0.3 is 0 Å². The van der Waals surface area contributed by atoms with Gasteiger partial charge in [-0.1, -0.05) is 58.3 Å². The second-order valence-electron chi connectivity index (χ2n) is 7.98. The lowest BCUT2D eigenvalue weighted by atomic mass is 9.77. The van der Waals surface area contributed by atoms with Crippen LogP contribution in [0.1, 0.15) is 65.7 Å². The molecule has 0 bridgehead atoms. The number of allylic oxidation sites excluding steroid dienone is 2. The average Bonchev–Trinajstić information content (AvgIpc) is 2.49. The first-order valence-electron chi connectivity index (χ1n) is 8.43. The molecule has 0 radical (unpaired) electrons. The minimum Gasteiger partial charge on any atom is -0.300 e. The van der Waals surface area contributed by atoms with E-state index >= 15 is 0 Å². The molecule has 1 aliphatic carbocycles. The van der Waals surface area contributed by atoms with E-state index in [-0.39, 0.29) is 5.41 Å². The molecule has 1 aliphatic rings. The van der Waals surface area contributed by atoms with Crippen LogP contribution in [0.4, 0.5) is 0 Å². The summed E-state index contributed by atoms with van der Waals surface area (Å²) < 4.78 is 0. The zero-order valence-corrected chi connectivity index (χ0v) is 15.9. The van der Waals surface area contributed by atoms with Gasteiger partial charge in [-0.2, -0.15) is 0 Å². The Morgan fingerprint density at radius 1 is 1.19 bits per heavy atom. The Labute approximate surface area is 132 Å². The lowest BCUT2D eigenvalue weighted by Gasteiger charge is -2.28. The third kappa shape index (κ3) is 6.22. The van der Waals surface area contributed by atoms with Crippen LogP contribution in [-0.4, -0.2) is 13.9 Å². The summed E-state index contributed by atoms with van der Waals surface area (Å²) in [6.45, 7) is 13.7. The molecule has 1 nitrogen and oxygen atoms in total. The highest BCUT2D eigenvalue weighted by Gasteiger charge is 2.29. The van der Waals surface area contributed by atoms with Gasteiger partial charge in [0.25, 0.3) is 0 Å². The molecule has 0 amide bonds. The molecule has 0 aromatic carbocycles. The number of carbonyl (C=O) groups is 1. The Morgan fingerprint density at radius 3 is 2.43 bits per heavy atom. The van der Waals surface area contributed by atoms with Crippen LogP contribution in [0.2, 0.25) is 19.6 Å². The highest BCUT2D eigenvalue weighted by atomic mass is 28.3. The van der Waals surface area contributed by atoms with Crippen LogP contribution in [0.15, 0.2) is 11.1 Å². The second kappa shape index (κ2) is 7.45. The topological polar surface area (TPSA) is 17.1 Å². The maximum Gasteiger partial charge on any atom is 0.133 e. The van der Waals surface area contributed by atoms with Crippen LogP contribution >= 0.6 is 0 Å². The molecule has 21 heavy (non-hydrogen) atoms. The molecule has 2 heteroatoms. The molecule has 0 heterocycles. The van der Waals surface area contributed by atoms with Gasteiger partial charge in [-0.25, -0.2) is 0 Å². The van der Waals surface area contributed by atoms with E-state index in [0.717, 1.165) is 25.7 Å². The highest BCUT2D eigenvalue weighted by Crippen LogP contribution is 2.40. The normalized spacial score (nSPS) is 21.3. The minimum absolute atomic E-state index is 0.128. The number of rotatable bonds is 3. The first-order valence-corrected chi connectivity index (χ1v) is 11.9. The molecule has 0 saturated heterocycles. The second-order valence-corrected chi connectivity index (χ2v) is 12.7. The fraction of sp³-hybridized carbons (Fsp3) is 0.737. The number of carbonyl (C=O) groups excluding carboxylic acids is 1. The first-order chi connectivity index (χ1) is 9.65. The van der Waals surface area contributed by atoms with Crippen molar-refractivity contribution in [1.82, 2.24) is 0 Å². The van der Waals surface area contributed by atoms with E-state index in [1.54, 1.807) is 0 Å². The molecule has 0 spiro atoms. The number of hydrogen-bond donors (Lipinski definition) is 0. The number of hydrogen-bond acceptors (Lipinski definition) is 1. The van der Waals surface area contributed by atoms with Crippen molar-refractivity contribution in [2.24, 2.45) is 5.41 Å². The third-order valence-corrected chi connectivity index (χ3v) is 5.11. The van der Waals surface area contributed by atoms with Crippen molar-refractivity contribution in [2.45, 2.75) is 85.4 Å². The van der Waals surface area contributed by atoms with Crippen molar-refractivity contribution in [3.63, 3.8) is 0 Å². The van der Waals surface area contributed by atoms with E-state index in [0.29, 0.717) is 12.2 Å². The van der Waals surface area contributed by atoms with Gasteiger partial charge in [0.1, 0.15) is 13.9 Å². The van der Waals surface area contributed by atoms with Crippen molar-refractivity contribution >= 4 is 13.9 Å². The predicted octanol–water partition coefficient (Wildman–Crippen LogP) is 5.52. The third-order valence-electron chi connectivity index (χ3n) is 4.23. The summed E-state index contributed by atoms with van der Waals surface area (Å²) in [5.41, 5.74) is 6.48. The molecule has 0 aliphatic heterocycles. The van der Waals surface area contributed by atoms with Gasteiger partial charge in [-0.15, -0.1) is 5.54 Å². The molecule has 1 fully saturated rings. The monoisotopic (exact) mass is 304 g/mol. The van der Waals surface area contributed by atoms with Gasteiger partial charge < -0.3 is 0 Å². The van der Waals surface area contributed by atoms with E-state index in [1.165, 1.54) is 24.0 Å². The highest BCUT2D eigenvalue weighted by molar-refractivity contribution is 6.83. The van der Waals surface area contributed by atoms with Gasteiger partial charge in [0.05, 0.1) is 0 Å². The fourth-order valence-electron chi connectivity index (χ4n) is 2.80. The molecule has 0 N–H and O–H groups in total. The smallest absolute Gasteiger partial charge is 0.133 e. The molecule has 118 valence electrons. The van der Waals surface area contributed by atoms with Crippen LogP contribution in [0.25, 0.3) is 0 Å². The van der Waals surface area contributed by atoms with Crippen molar-refractivity contribution in [2.75, 3.05) is 0 Å². The summed E-state index contributed by atoms with van der Waals surface area (Å²) in [6.07, 6.45) is 6.83. The van der Waals surface area contributed by atoms with Gasteiger partial charge in [0, 0.05) is 18.4 Å². The van der Waals surface area contributed by atoms with Crippen molar-refractivity contribution in [3.8, 4) is 11.5 Å². The lowest BCUT2D eigenvalue weighted by molar-refractivity contribution is -0.119. The Morgan fingerprint density at radius 2 is 1.86 bits per heavy atom. The summed E-state index contributed by atoms with van der Waals surface area (Å²) in [5, 5.41) is 0. The summed E-state index contributed by atoms with van der Waals surface area (Å²) >= 11 is 0.